The van der Waals surface area contributed by atoms with Gasteiger partial charge in [-0.2, -0.15) is 0 Å². The van der Waals surface area contributed by atoms with Crippen molar-refractivity contribution in [2.45, 2.75) is 51.9 Å². The summed E-state index contributed by atoms with van der Waals surface area (Å²) in [6.45, 7) is 2.72. The van der Waals surface area contributed by atoms with Gasteiger partial charge in [-0.15, -0.1) is 0 Å². The lowest BCUT2D eigenvalue weighted by molar-refractivity contribution is 0.306. The minimum absolute atomic E-state index is 0.726. The van der Waals surface area contributed by atoms with E-state index in [1.807, 2.05) is 6.92 Å². The summed E-state index contributed by atoms with van der Waals surface area (Å²) in [6.07, 6.45) is 9.35. The molecular formula is C11H20OS. The highest BCUT2D eigenvalue weighted by molar-refractivity contribution is 7.80. The van der Waals surface area contributed by atoms with Crippen molar-refractivity contribution in [1.29, 1.82) is 0 Å². The standard InChI is InChI=1S/C11H20OS/c1-2-12-11(13)9-8-10-6-4-3-5-7-10/h10H,2-9H2,1H3. The molecule has 0 N–H and O–H groups in total. The maximum absolute atomic E-state index is 5.26. The van der Waals surface area contributed by atoms with Crippen LogP contribution in [0.25, 0.3) is 0 Å². The first-order valence-electron chi connectivity index (χ1n) is 5.48. The number of rotatable bonds is 4. The molecule has 76 valence electrons. The summed E-state index contributed by atoms with van der Waals surface area (Å²) in [4.78, 5) is 0. The summed E-state index contributed by atoms with van der Waals surface area (Å²) in [5, 5.41) is 0.813. The molecule has 1 saturated carbocycles. The van der Waals surface area contributed by atoms with Crippen LogP contribution in [-0.4, -0.2) is 11.7 Å². The average Bonchev–Trinajstić information content (AvgIpc) is 2.17. The Morgan fingerprint density at radius 1 is 1.31 bits per heavy atom. The van der Waals surface area contributed by atoms with E-state index in [4.69, 9.17) is 17.0 Å². The van der Waals surface area contributed by atoms with Crippen molar-refractivity contribution >= 4 is 17.3 Å². The van der Waals surface area contributed by atoms with Gasteiger partial charge >= 0.3 is 0 Å². The van der Waals surface area contributed by atoms with Gasteiger partial charge in [-0.1, -0.05) is 32.1 Å². The molecule has 0 bridgehead atoms. The number of hydrogen-bond donors (Lipinski definition) is 0. The fourth-order valence-corrected chi connectivity index (χ4v) is 2.27. The van der Waals surface area contributed by atoms with Crippen molar-refractivity contribution in [3.05, 3.63) is 0 Å². The number of thiocarbonyl (C=S) groups is 1. The van der Waals surface area contributed by atoms with Crippen LogP contribution in [0, 0.1) is 5.92 Å². The summed E-state index contributed by atoms with van der Waals surface area (Å²) >= 11 is 5.10. The first-order valence-corrected chi connectivity index (χ1v) is 5.89. The van der Waals surface area contributed by atoms with E-state index in [0.717, 1.165) is 24.0 Å². The first-order chi connectivity index (χ1) is 6.33. The van der Waals surface area contributed by atoms with E-state index < -0.39 is 0 Å². The Labute approximate surface area is 86.9 Å². The van der Waals surface area contributed by atoms with Crippen molar-refractivity contribution in [2.75, 3.05) is 6.61 Å². The molecule has 0 heterocycles. The summed E-state index contributed by atoms with van der Waals surface area (Å²) in [5.41, 5.74) is 0. The van der Waals surface area contributed by atoms with Gasteiger partial charge in [0.05, 0.1) is 6.61 Å². The zero-order valence-electron chi connectivity index (χ0n) is 8.55. The van der Waals surface area contributed by atoms with Crippen molar-refractivity contribution in [3.8, 4) is 0 Å². The molecule has 0 saturated heterocycles. The van der Waals surface area contributed by atoms with Crippen molar-refractivity contribution in [1.82, 2.24) is 0 Å². The number of hydrogen-bond acceptors (Lipinski definition) is 2. The molecule has 0 aromatic carbocycles. The van der Waals surface area contributed by atoms with Gasteiger partial charge in [0.15, 0.2) is 5.05 Å². The quantitative estimate of drug-likeness (QED) is 0.640. The second kappa shape index (κ2) is 6.36. The molecule has 0 aliphatic heterocycles. The van der Waals surface area contributed by atoms with Gasteiger partial charge in [-0.25, -0.2) is 0 Å². The van der Waals surface area contributed by atoms with E-state index >= 15 is 0 Å². The minimum atomic E-state index is 0.726. The van der Waals surface area contributed by atoms with Crippen LogP contribution in [0.2, 0.25) is 0 Å². The lowest BCUT2D eigenvalue weighted by Crippen LogP contribution is -2.09. The Morgan fingerprint density at radius 2 is 2.00 bits per heavy atom. The zero-order valence-corrected chi connectivity index (χ0v) is 9.37. The highest BCUT2D eigenvalue weighted by Gasteiger charge is 2.13. The van der Waals surface area contributed by atoms with E-state index in [1.165, 1.54) is 38.5 Å². The van der Waals surface area contributed by atoms with Crippen molar-refractivity contribution in [3.63, 3.8) is 0 Å². The second-order valence-electron chi connectivity index (χ2n) is 3.85. The molecule has 0 unspecified atom stereocenters. The fraction of sp³-hybridized carbons (Fsp3) is 0.909. The Morgan fingerprint density at radius 3 is 2.62 bits per heavy atom. The van der Waals surface area contributed by atoms with Gasteiger partial charge in [0.25, 0.3) is 0 Å². The van der Waals surface area contributed by atoms with Crippen LogP contribution in [0.5, 0.6) is 0 Å². The highest BCUT2D eigenvalue weighted by atomic mass is 32.1. The molecule has 0 amide bonds. The van der Waals surface area contributed by atoms with Gasteiger partial charge in [0.1, 0.15) is 0 Å². The third-order valence-electron chi connectivity index (χ3n) is 2.79. The fourth-order valence-electron chi connectivity index (χ4n) is 2.03. The summed E-state index contributed by atoms with van der Waals surface area (Å²) < 4.78 is 5.26. The van der Waals surface area contributed by atoms with Crippen LogP contribution in [0.15, 0.2) is 0 Å². The minimum Gasteiger partial charge on any atom is -0.487 e. The van der Waals surface area contributed by atoms with Gasteiger partial charge in [0.2, 0.25) is 0 Å². The SMILES string of the molecule is CCOC(=S)CCC1CCCCC1. The van der Waals surface area contributed by atoms with Crippen LogP contribution in [0.4, 0.5) is 0 Å². The van der Waals surface area contributed by atoms with Gasteiger partial charge in [0, 0.05) is 6.42 Å². The van der Waals surface area contributed by atoms with E-state index in [1.54, 1.807) is 0 Å². The first kappa shape index (κ1) is 11.0. The maximum atomic E-state index is 5.26. The monoisotopic (exact) mass is 200 g/mol. The molecule has 0 aromatic rings. The van der Waals surface area contributed by atoms with E-state index in [-0.39, 0.29) is 0 Å². The Kier molecular flexibility index (Phi) is 5.37. The van der Waals surface area contributed by atoms with Gasteiger partial charge in [-0.3, -0.25) is 0 Å². The zero-order chi connectivity index (χ0) is 9.52. The Balaban J connectivity index is 2.06. The van der Waals surface area contributed by atoms with Crippen LogP contribution in [-0.2, 0) is 4.74 Å². The smallest absolute Gasteiger partial charge is 0.159 e. The predicted molar refractivity (Wildman–Crippen MR) is 60.0 cm³/mol. The summed E-state index contributed by atoms with van der Waals surface area (Å²) in [7, 11) is 0. The molecule has 0 spiro atoms. The number of ether oxygens (including phenoxy) is 1. The van der Waals surface area contributed by atoms with E-state index in [2.05, 4.69) is 0 Å². The van der Waals surface area contributed by atoms with Crippen LogP contribution in [0.3, 0.4) is 0 Å². The van der Waals surface area contributed by atoms with Gasteiger partial charge in [-0.05, 0) is 31.5 Å². The topological polar surface area (TPSA) is 9.23 Å². The third kappa shape index (κ3) is 4.61. The molecule has 0 radical (unpaired) electrons. The molecule has 0 atom stereocenters. The maximum Gasteiger partial charge on any atom is 0.159 e. The molecule has 13 heavy (non-hydrogen) atoms. The molecule has 1 nitrogen and oxygen atoms in total. The summed E-state index contributed by atoms with van der Waals surface area (Å²) in [5.74, 6) is 0.923. The lowest BCUT2D eigenvalue weighted by Gasteiger charge is -2.21. The Hall–Kier alpha value is -0.110. The molecular weight excluding hydrogens is 180 g/mol. The largest absolute Gasteiger partial charge is 0.487 e. The molecule has 1 aliphatic rings. The second-order valence-corrected chi connectivity index (χ2v) is 4.30. The van der Waals surface area contributed by atoms with Crippen molar-refractivity contribution < 1.29 is 4.74 Å². The van der Waals surface area contributed by atoms with Gasteiger partial charge < -0.3 is 4.74 Å². The molecule has 2 heteroatoms. The Bertz CT molecular complexity index is 150. The molecule has 1 fully saturated rings. The van der Waals surface area contributed by atoms with Crippen molar-refractivity contribution in [2.24, 2.45) is 5.92 Å². The molecule has 1 rings (SSSR count). The lowest BCUT2D eigenvalue weighted by atomic mass is 9.86. The van der Waals surface area contributed by atoms with Crippen LogP contribution < -0.4 is 0 Å². The normalized spacial score (nSPS) is 18.5. The third-order valence-corrected chi connectivity index (χ3v) is 3.11. The molecule has 0 aromatic heterocycles. The van der Waals surface area contributed by atoms with E-state index in [0.29, 0.717) is 0 Å². The summed E-state index contributed by atoms with van der Waals surface area (Å²) in [6, 6.07) is 0. The van der Waals surface area contributed by atoms with Crippen LogP contribution in [0.1, 0.15) is 51.9 Å². The van der Waals surface area contributed by atoms with Crippen LogP contribution >= 0.6 is 12.2 Å². The molecule has 1 aliphatic carbocycles. The predicted octanol–water partition coefficient (Wildman–Crippen LogP) is 3.71. The average molecular weight is 200 g/mol. The highest BCUT2D eigenvalue weighted by Crippen LogP contribution is 2.27. The van der Waals surface area contributed by atoms with E-state index in [9.17, 15) is 0 Å².